The summed E-state index contributed by atoms with van der Waals surface area (Å²) in [4.78, 5) is 150. The fourth-order valence-electron chi connectivity index (χ4n) is 15.8. The zero-order chi connectivity index (χ0) is 85.1. The average molecular weight is 1660 g/mol. The van der Waals surface area contributed by atoms with Crippen LogP contribution in [0.5, 0.6) is 0 Å². The van der Waals surface area contributed by atoms with E-state index >= 15 is 4.79 Å². The Kier molecular flexibility index (Phi) is 43.7. The molecule has 0 bridgehead atoms. The van der Waals surface area contributed by atoms with E-state index in [1.54, 1.807) is 6.92 Å². The first-order valence-electron chi connectivity index (χ1n) is 42.8. The van der Waals surface area contributed by atoms with Gasteiger partial charge in [-0.3, -0.25) is 52.7 Å². The van der Waals surface area contributed by atoms with Crippen molar-refractivity contribution in [3.63, 3.8) is 0 Å². The number of unbranched alkanes of at least 4 members (excludes halogenated alkanes) is 16. The lowest BCUT2D eigenvalue weighted by atomic mass is 9.94. The van der Waals surface area contributed by atoms with E-state index in [9.17, 15) is 47.9 Å². The molecule has 0 spiro atoms. The second-order valence-electron chi connectivity index (χ2n) is 31.6. The predicted octanol–water partition coefficient (Wildman–Crippen LogP) is 12.0. The van der Waals surface area contributed by atoms with Crippen LogP contribution in [0.4, 0.5) is 0 Å². The molecule has 32 nitrogen and oxygen atoms in total. The maximum Gasteiger partial charge on any atom is 0.306 e. The number of esters is 11. The maximum absolute atomic E-state index is 15.1. The summed E-state index contributed by atoms with van der Waals surface area (Å²) in [5.41, 5.74) is 0. The van der Waals surface area contributed by atoms with E-state index in [0.717, 1.165) is 177 Å². The number of fused-ring (bicyclic) bond motifs is 2. The predicted molar refractivity (Wildman–Crippen MR) is 410 cm³/mol. The Morgan fingerprint density at radius 3 is 1.04 bits per heavy atom. The largest absolute Gasteiger partial charge is 0.456 e. The molecule has 0 N–H and O–H groups in total. The molecule has 6 saturated heterocycles. The summed E-state index contributed by atoms with van der Waals surface area (Å²) in [7, 11) is 0. The highest BCUT2D eigenvalue weighted by Gasteiger charge is 2.62. The van der Waals surface area contributed by atoms with Crippen molar-refractivity contribution in [2.45, 2.75) is 469 Å². The summed E-state index contributed by atoms with van der Waals surface area (Å²) in [6.07, 6.45) is -17.2. The second-order valence-corrected chi connectivity index (χ2v) is 31.6. The van der Waals surface area contributed by atoms with E-state index in [4.69, 9.17) is 99.5 Å². The van der Waals surface area contributed by atoms with E-state index in [-0.39, 0.29) is 19.3 Å². The molecule has 0 aliphatic carbocycles. The number of rotatable bonds is 38. The van der Waals surface area contributed by atoms with Crippen LogP contribution in [0.2, 0.25) is 0 Å². The van der Waals surface area contributed by atoms with Gasteiger partial charge in [0, 0.05) is 74.7 Å². The number of carbonyl (C=O) groups is 11. The smallest absolute Gasteiger partial charge is 0.306 e. The third-order valence-electron chi connectivity index (χ3n) is 21.4. The molecule has 0 unspecified atom stereocenters. The molecule has 116 heavy (non-hydrogen) atoms. The minimum atomic E-state index is -1.96. The van der Waals surface area contributed by atoms with Gasteiger partial charge in [0.25, 0.3) is 0 Å². The second kappa shape index (κ2) is 51.4. The first-order chi connectivity index (χ1) is 55.3. The quantitative estimate of drug-likeness (QED) is 0.0315. The monoisotopic (exact) mass is 1660 g/mol. The molecule has 0 aromatic rings. The summed E-state index contributed by atoms with van der Waals surface area (Å²) >= 11 is 0. The molecular formula is C84H136O32. The molecular weight excluding hydrogens is 1520 g/mol. The van der Waals surface area contributed by atoms with Crippen molar-refractivity contribution in [3.8, 4) is 0 Å². The van der Waals surface area contributed by atoms with Gasteiger partial charge in [-0.2, -0.15) is 0 Å². The Balaban J connectivity index is 1.54. The first-order valence-corrected chi connectivity index (χ1v) is 42.8. The van der Waals surface area contributed by atoms with Gasteiger partial charge in [-0.05, 0) is 66.7 Å². The van der Waals surface area contributed by atoms with Gasteiger partial charge in [0.1, 0.15) is 18.3 Å². The highest BCUT2D eigenvalue weighted by Crippen LogP contribution is 2.42. The van der Waals surface area contributed by atoms with Crippen molar-refractivity contribution < 1.29 is 152 Å². The van der Waals surface area contributed by atoms with E-state index in [0.29, 0.717) is 44.9 Å². The highest BCUT2D eigenvalue weighted by molar-refractivity contribution is 5.72. The SMILES string of the molecule is CCCCCCCCCCCC(=O)O[C@@H]1[C@@H](OC(C)=O)[C@@H](OC(C)=O)[C@H](O[C@@H]2[C@@H](O[C@@H]3O[C@@H](C)[C@H](OC(C)=O)[C@@H](OC(C)=O)[C@H]3OC(C)=O)[C@@H](OC(=O)CCCCCCCCC)[C@H](O[C@@H]3[C@@H](OC(C)=O)[C@H]4OC(=O)CCCCCCCCC[C@H](CCCCC)O[C@@H]5O[C@H](C)[C@H](OC(C)=O)[C@H](OC(C)=O)[C@H]5O[C@@H]4O[C@H]3C)O[C@H]2C)O[C@H]1C. The van der Waals surface area contributed by atoms with Crippen LogP contribution in [-0.2, 0) is 152 Å². The summed E-state index contributed by atoms with van der Waals surface area (Å²) in [6.45, 7) is 22.8. The van der Waals surface area contributed by atoms with Crippen molar-refractivity contribution in [2.24, 2.45) is 0 Å². The van der Waals surface area contributed by atoms with E-state index in [1.807, 2.05) is 0 Å². The molecule has 0 aromatic heterocycles. The van der Waals surface area contributed by atoms with Crippen LogP contribution >= 0.6 is 0 Å². The highest BCUT2D eigenvalue weighted by atomic mass is 16.8. The molecule has 0 amide bonds. The van der Waals surface area contributed by atoms with Crippen molar-refractivity contribution >= 4 is 65.7 Å². The maximum atomic E-state index is 15.1. The van der Waals surface area contributed by atoms with Crippen LogP contribution < -0.4 is 0 Å². The van der Waals surface area contributed by atoms with Gasteiger partial charge in [0.05, 0.1) is 36.6 Å². The van der Waals surface area contributed by atoms with Gasteiger partial charge >= 0.3 is 65.7 Å². The minimum Gasteiger partial charge on any atom is -0.456 e. The molecule has 6 aliphatic rings. The zero-order valence-corrected chi connectivity index (χ0v) is 71.5. The Bertz CT molecular complexity index is 3040. The molecule has 0 radical (unpaired) electrons. The van der Waals surface area contributed by atoms with Crippen molar-refractivity contribution in [1.29, 1.82) is 0 Å². The Morgan fingerprint density at radius 2 is 0.595 bits per heavy atom. The third-order valence-corrected chi connectivity index (χ3v) is 21.4. The van der Waals surface area contributed by atoms with Crippen LogP contribution in [0.1, 0.15) is 310 Å². The van der Waals surface area contributed by atoms with Crippen LogP contribution in [0, 0.1) is 0 Å². The summed E-state index contributed by atoms with van der Waals surface area (Å²) in [5, 5.41) is 0. The summed E-state index contributed by atoms with van der Waals surface area (Å²) in [6, 6.07) is 0. The fourth-order valence-corrected chi connectivity index (χ4v) is 15.8. The Labute approximate surface area is 684 Å². The van der Waals surface area contributed by atoms with Crippen LogP contribution in [0.3, 0.4) is 0 Å². The number of carbonyl (C=O) groups excluding carboxylic acids is 11. The zero-order valence-electron chi connectivity index (χ0n) is 71.5. The number of ether oxygens (including phenoxy) is 21. The van der Waals surface area contributed by atoms with Gasteiger partial charge in [-0.1, -0.05) is 168 Å². The lowest BCUT2D eigenvalue weighted by Gasteiger charge is -2.52. The molecule has 6 rings (SSSR count). The molecule has 6 heterocycles. The molecule has 0 saturated carbocycles. The molecule has 6 aliphatic heterocycles. The van der Waals surface area contributed by atoms with Crippen molar-refractivity contribution in [2.75, 3.05) is 0 Å². The normalized spacial score (nSPS) is 33.4. The summed E-state index contributed by atoms with van der Waals surface area (Å²) in [5.74, 6) is -9.29. The fraction of sp³-hybridized carbons (Fsp3) is 0.869. The van der Waals surface area contributed by atoms with E-state index in [2.05, 4.69) is 20.8 Å². The molecule has 0 aromatic carbocycles. The van der Waals surface area contributed by atoms with Gasteiger partial charge in [-0.15, -0.1) is 0 Å². The molecule has 664 valence electrons. The van der Waals surface area contributed by atoms with Crippen molar-refractivity contribution in [3.05, 3.63) is 0 Å². The third kappa shape index (κ3) is 32.4. The van der Waals surface area contributed by atoms with E-state index < -0.39 is 225 Å². The topological polar surface area (TPSA) is 382 Å². The number of hydrogen-bond acceptors (Lipinski definition) is 32. The van der Waals surface area contributed by atoms with Gasteiger partial charge in [-0.25, -0.2) is 0 Å². The van der Waals surface area contributed by atoms with Gasteiger partial charge < -0.3 is 99.5 Å². The Hall–Kier alpha value is -6.23. The molecule has 32 heteroatoms. The van der Waals surface area contributed by atoms with Crippen LogP contribution in [-0.4, -0.2) is 225 Å². The molecule has 6 fully saturated rings. The summed E-state index contributed by atoms with van der Waals surface area (Å²) < 4.78 is 135. The average Bonchev–Trinajstić information content (AvgIpc) is 0.755. The van der Waals surface area contributed by atoms with Gasteiger partial charge in [0.15, 0.2) is 105 Å². The van der Waals surface area contributed by atoms with Crippen molar-refractivity contribution in [1.82, 2.24) is 0 Å². The minimum absolute atomic E-state index is 0.00576. The van der Waals surface area contributed by atoms with E-state index in [1.165, 1.54) is 41.0 Å². The lowest BCUT2D eigenvalue weighted by molar-refractivity contribution is -0.399. The first kappa shape index (κ1) is 98.6. The lowest BCUT2D eigenvalue weighted by Crippen LogP contribution is -2.69. The van der Waals surface area contributed by atoms with Crippen LogP contribution in [0.25, 0.3) is 0 Å². The Morgan fingerprint density at radius 1 is 0.293 bits per heavy atom. The number of hydrogen-bond donors (Lipinski definition) is 0. The standard InChI is InChI=1S/C84H136O32/c1-17-20-23-25-27-28-32-36-40-45-62(93)110-67-50(6)98-81(76(108-60(16)92)72(67)105-57(13)89)114-69-52(8)99-83(78(112-64(95)47-41-35-30-26-24-21-18-2)74(69)115-82-75(107-59(15)91)70(103-55(11)87)65(49(5)97-82)101-53(9)85)113-68-51(7)100-84-77(73(68)106-58(14)90)111-63(94)46-42-37-33-29-31-34-39-44-61(43-38-22-19-3)109-80-79(116-84)71(104-56(12)88)66(48(4)96-80)102-54(10)86/h48-52,61,65-84H,17-47H2,1-16H3/t48-,49+,50+,51+,52+,61+,65+,66+,67+,68+,69+,70-,71+,72-,73-,74-,75-,76-,77-,78-,79-,80+,81+,82+,83+,84+/m1/s1. The molecule has 26 atom stereocenters. The van der Waals surface area contributed by atoms with Gasteiger partial charge in [0.2, 0.25) is 0 Å². The van der Waals surface area contributed by atoms with Crippen LogP contribution in [0.15, 0.2) is 0 Å².